The van der Waals surface area contributed by atoms with Crippen LogP contribution in [0.25, 0.3) is 0 Å². The van der Waals surface area contributed by atoms with Crippen LogP contribution in [0.1, 0.15) is 206 Å². The first kappa shape index (κ1) is 44.9. The molecular weight excluding hydrogens is 580 g/mol. The van der Waals surface area contributed by atoms with Gasteiger partial charge in [0.05, 0.1) is 0 Å². The van der Waals surface area contributed by atoms with Crippen molar-refractivity contribution in [2.75, 3.05) is 0 Å². The van der Waals surface area contributed by atoms with Crippen LogP contribution >= 0.6 is 0 Å². The number of rotatable bonds is 36. The molecule has 0 aliphatic rings. The van der Waals surface area contributed by atoms with Crippen molar-refractivity contribution in [1.29, 1.82) is 0 Å². The predicted octanol–water partition coefficient (Wildman–Crippen LogP) is 14.0. The number of carbonyl (C=O) groups is 2. The van der Waals surface area contributed by atoms with E-state index in [4.69, 9.17) is 9.84 Å². The average molecular weight is 657 g/mol. The van der Waals surface area contributed by atoms with Gasteiger partial charge in [-0.2, -0.15) is 0 Å². The first-order valence-electron chi connectivity index (χ1n) is 20.1. The Labute approximate surface area is 292 Å². The van der Waals surface area contributed by atoms with Crippen molar-refractivity contribution in [2.45, 2.75) is 213 Å². The molecule has 0 fully saturated rings. The van der Waals surface area contributed by atoms with E-state index < -0.39 is 5.97 Å². The van der Waals surface area contributed by atoms with E-state index in [0.717, 1.165) is 89.9 Å². The number of carboxylic acid groups (broad SMARTS) is 1. The minimum Gasteiger partial charge on any atom is -0.481 e. The van der Waals surface area contributed by atoms with E-state index in [2.05, 4.69) is 62.5 Å². The Morgan fingerprint density at radius 2 is 0.894 bits per heavy atom. The summed E-state index contributed by atoms with van der Waals surface area (Å²) in [6.45, 7) is 4.42. The van der Waals surface area contributed by atoms with Gasteiger partial charge in [-0.05, 0) is 77.0 Å². The van der Waals surface area contributed by atoms with Gasteiger partial charge < -0.3 is 9.84 Å². The summed E-state index contributed by atoms with van der Waals surface area (Å²) in [5.41, 5.74) is 0. The van der Waals surface area contributed by atoms with Crippen LogP contribution in [0, 0.1) is 0 Å². The van der Waals surface area contributed by atoms with Gasteiger partial charge in [0.2, 0.25) is 0 Å². The van der Waals surface area contributed by atoms with Crippen molar-refractivity contribution in [3.8, 4) is 0 Å². The quantitative estimate of drug-likeness (QED) is 0.0414. The highest BCUT2D eigenvalue weighted by Crippen LogP contribution is 2.19. The zero-order valence-electron chi connectivity index (χ0n) is 31.1. The highest BCUT2D eigenvalue weighted by Gasteiger charge is 2.14. The lowest BCUT2D eigenvalue weighted by molar-refractivity contribution is -0.150. The molecule has 0 rings (SSSR count). The van der Waals surface area contributed by atoms with Crippen LogP contribution in [0.3, 0.4) is 0 Å². The van der Waals surface area contributed by atoms with Crippen LogP contribution in [-0.2, 0) is 14.3 Å². The molecule has 0 saturated carbocycles. The smallest absolute Gasteiger partial charge is 0.306 e. The Balaban J connectivity index is 3.91. The minimum atomic E-state index is -0.702. The molecule has 1 atom stereocenters. The summed E-state index contributed by atoms with van der Waals surface area (Å²) in [6.07, 6.45) is 51.3. The summed E-state index contributed by atoms with van der Waals surface area (Å²) in [4.78, 5) is 23.3. The molecule has 0 aliphatic heterocycles. The van der Waals surface area contributed by atoms with Gasteiger partial charge in [0.1, 0.15) is 6.10 Å². The molecule has 0 aromatic carbocycles. The topological polar surface area (TPSA) is 63.6 Å². The van der Waals surface area contributed by atoms with Crippen molar-refractivity contribution >= 4 is 11.9 Å². The van der Waals surface area contributed by atoms with Gasteiger partial charge in [0.25, 0.3) is 0 Å². The third-order valence-electron chi connectivity index (χ3n) is 8.82. The van der Waals surface area contributed by atoms with Gasteiger partial charge in [-0.25, -0.2) is 0 Å². The first-order valence-corrected chi connectivity index (χ1v) is 20.1. The summed E-state index contributed by atoms with van der Waals surface area (Å²) in [7, 11) is 0. The Morgan fingerprint density at radius 1 is 0.489 bits per heavy atom. The molecule has 0 amide bonds. The van der Waals surface area contributed by atoms with Crippen LogP contribution in [0.15, 0.2) is 48.6 Å². The molecule has 47 heavy (non-hydrogen) atoms. The maximum atomic E-state index is 12.6. The number of carboxylic acids is 1. The van der Waals surface area contributed by atoms with E-state index in [1.165, 1.54) is 89.9 Å². The van der Waals surface area contributed by atoms with Crippen LogP contribution in [0.5, 0.6) is 0 Å². The molecule has 0 aliphatic carbocycles. The van der Waals surface area contributed by atoms with E-state index >= 15 is 0 Å². The fourth-order valence-electron chi connectivity index (χ4n) is 5.88. The zero-order valence-corrected chi connectivity index (χ0v) is 31.1. The predicted molar refractivity (Wildman–Crippen MR) is 204 cm³/mol. The Hall–Kier alpha value is -2.10. The number of unbranched alkanes of at least 4 members (excludes halogenated alkanes) is 19. The van der Waals surface area contributed by atoms with E-state index in [1.807, 2.05) is 0 Å². The van der Waals surface area contributed by atoms with Crippen LogP contribution in [0.2, 0.25) is 0 Å². The molecule has 0 saturated heterocycles. The second-order valence-electron chi connectivity index (χ2n) is 13.4. The second-order valence-corrected chi connectivity index (χ2v) is 13.4. The zero-order chi connectivity index (χ0) is 34.3. The molecule has 0 radical (unpaired) electrons. The standard InChI is InChI=1S/C43H76O4/c1-3-5-7-9-11-13-14-15-16-17-18-19-20-21-22-23-24-25-27-32-36-40-43(46)47-41(37-33-29-26-12-10-8-6-4-2)38-34-30-28-31-35-39-42(44)45/h5,7,11,13,15-16,18-19,41H,3-4,6,8-10,12,14,17,20-40H2,1-2H3,(H,44,45)/b7-5-,13-11-,16-15-,19-18-. The molecule has 0 aromatic rings. The average Bonchev–Trinajstić information content (AvgIpc) is 3.05. The van der Waals surface area contributed by atoms with Crippen LogP contribution < -0.4 is 0 Å². The fraction of sp³-hybridized carbons (Fsp3) is 0.767. The van der Waals surface area contributed by atoms with Crippen molar-refractivity contribution in [3.05, 3.63) is 48.6 Å². The fourth-order valence-corrected chi connectivity index (χ4v) is 5.88. The molecular formula is C43H76O4. The third-order valence-corrected chi connectivity index (χ3v) is 8.82. The van der Waals surface area contributed by atoms with E-state index in [9.17, 15) is 9.59 Å². The summed E-state index contributed by atoms with van der Waals surface area (Å²) in [5, 5.41) is 8.80. The van der Waals surface area contributed by atoms with Gasteiger partial charge >= 0.3 is 11.9 Å². The van der Waals surface area contributed by atoms with E-state index in [-0.39, 0.29) is 18.5 Å². The molecule has 0 bridgehead atoms. The number of esters is 1. The SMILES string of the molecule is CC/C=C\C/C=C\C/C=C\C/C=C\CCCCCCCCCCC(=O)OC(CCCCCCCCCC)CCCCCCCC(=O)O. The van der Waals surface area contributed by atoms with Crippen LogP contribution in [-0.4, -0.2) is 23.1 Å². The number of carbonyl (C=O) groups excluding carboxylic acids is 1. The number of allylic oxidation sites excluding steroid dienone is 8. The van der Waals surface area contributed by atoms with E-state index in [0.29, 0.717) is 6.42 Å². The summed E-state index contributed by atoms with van der Waals surface area (Å²) in [6, 6.07) is 0. The largest absolute Gasteiger partial charge is 0.481 e. The van der Waals surface area contributed by atoms with Gasteiger partial charge in [-0.1, -0.05) is 165 Å². The van der Waals surface area contributed by atoms with Crippen molar-refractivity contribution in [3.63, 3.8) is 0 Å². The molecule has 4 heteroatoms. The minimum absolute atomic E-state index is 0.00753. The lowest BCUT2D eigenvalue weighted by Crippen LogP contribution is -2.18. The first-order chi connectivity index (χ1) is 23.1. The van der Waals surface area contributed by atoms with E-state index in [1.54, 1.807) is 0 Å². The molecule has 1 N–H and O–H groups in total. The normalized spacial score (nSPS) is 12.7. The second kappa shape index (κ2) is 38.3. The highest BCUT2D eigenvalue weighted by molar-refractivity contribution is 5.69. The lowest BCUT2D eigenvalue weighted by atomic mass is 10.0. The van der Waals surface area contributed by atoms with Gasteiger partial charge in [0, 0.05) is 12.8 Å². The van der Waals surface area contributed by atoms with Crippen molar-refractivity contribution in [1.82, 2.24) is 0 Å². The number of ether oxygens (including phenoxy) is 1. The van der Waals surface area contributed by atoms with Crippen molar-refractivity contribution in [2.24, 2.45) is 0 Å². The number of hydrogen-bond acceptors (Lipinski definition) is 3. The maximum Gasteiger partial charge on any atom is 0.306 e. The molecule has 4 nitrogen and oxygen atoms in total. The van der Waals surface area contributed by atoms with Crippen molar-refractivity contribution < 1.29 is 19.4 Å². The van der Waals surface area contributed by atoms with Gasteiger partial charge in [-0.3, -0.25) is 9.59 Å². The molecule has 0 spiro atoms. The summed E-state index contributed by atoms with van der Waals surface area (Å²) in [5.74, 6) is -0.710. The summed E-state index contributed by atoms with van der Waals surface area (Å²) >= 11 is 0. The monoisotopic (exact) mass is 657 g/mol. The third kappa shape index (κ3) is 38.2. The summed E-state index contributed by atoms with van der Waals surface area (Å²) < 4.78 is 5.98. The molecule has 1 unspecified atom stereocenters. The molecule has 0 aromatic heterocycles. The van der Waals surface area contributed by atoms with Gasteiger partial charge in [0.15, 0.2) is 0 Å². The Bertz CT molecular complexity index is 794. The molecule has 272 valence electrons. The Morgan fingerprint density at radius 3 is 1.38 bits per heavy atom. The Kier molecular flexibility index (Phi) is 36.6. The number of hydrogen-bond donors (Lipinski definition) is 1. The van der Waals surface area contributed by atoms with Crippen LogP contribution in [0.4, 0.5) is 0 Å². The highest BCUT2D eigenvalue weighted by atomic mass is 16.5. The maximum absolute atomic E-state index is 12.6. The lowest BCUT2D eigenvalue weighted by Gasteiger charge is -2.18. The molecule has 0 heterocycles. The number of aliphatic carboxylic acids is 1. The van der Waals surface area contributed by atoms with Gasteiger partial charge in [-0.15, -0.1) is 0 Å².